The van der Waals surface area contributed by atoms with Gasteiger partial charge in [0.15, 0.2) is 0 Å². The first-order valence-electron chi connectivity index (χ1n) is 6.34. The monoisotopic (exact) mass is 269 g/mol. The number of ether oxygens (including phenoxy) is 1. The van der Waals surface area contributed by atoms with E-state index in [1.165, 1.54) is 17.8 Å². The fourth-order valence-corrected chi connectivity index (χ4v) is 2.64. The topological polar surface area (TPSA) is 77.2 Å². The van der Waals surface area contributed by atoms with E-state index in [-0.39, 0.29) is 5.91 Å². The fourth-order valence-electron chi connectivity index (χ4n) is 1.98. The second-order valence-electron chi connectivity index (χ2n) is 4.36. The normalized spacial score (nSPS) is 19.7. The molecular weight excluding hydrogens is 250 g/mol. The quantitative estimate of drug-likeness (QED) is 0.844. The SMILES string of the molecule is NCc1nc(C(=O)NCCC2CCCCO2)cs1. The summed E-state index contributed by atoms with van der Waals surface area (Å²) in [6.07, 6.45) is 4.66. The minimum atomic E-state index is -0.123. The van der Waals surface area contributed by atoms with Crippen molar-refractivity contribution in [2.75, 3.05) is 13.2 Å². The van der Waals surface area contributed by atoms with Gasteiger partial charge in [-0.05, 0) is 25.7 Å². The number of nitrogens with zero attached hydrogens (tertiary/aromatic N) is 1. The minimum Gasteiger partial charge on any atom is -0.378 e. The van der Waals surface area contributed by atoms with Crippen LogP contribution in [0, 0.1) is 0 Å². The summed E-state index contributed by atoms with van der Waals surface area (Å²) in [5.41, 5.74) is 5.92. The van der Waals surface area contributed by atoms with E-state index in [0.29, 0.717) is 24.9 Å². The first-order valence-corrected chi connectivity index (χ1v) is 7.22. The van der Waals surface area contributed by atoms with Crippen LogP contribution in [0.15, 0.2) is 5.38 Å². The van der Waals surface area contributed by atoms with E-state index in [1.807, 2.05) is 0 Å². The van der Waals surface area contributed by atoms with Gasteiger partial charge in [-0.2, -0.15) is 0 Å². The maximum atomic E-state index is 11.8. The minimum absolute atomic E-state index is 0.123. The molecule has 1 aliphatic heterocycles. The maximum Gasteiger partial charge on any atom is 0.270 e. The number of hydrogen-bond acceptors (Lipinski definition) is 5. The van der Waals surface area contributed by atoms with Gasteiger partial charge in [-0.15, -0.1) is 11.3 Å². The molecule has 1 unspecified atom stereocenters. The molecule has 0 aliphatic carbocycles. The van der Waals surface area contributed by atoms with Crippen LogP contribution in [0.3, 0.4) is 0 Å². The Bertz CT molecular complexity index is 388. The number of carbonyl (C=O) groups is 1. The van der Waals surface area contributed by atoms with Crippen LogP contribution in [-0.4, -0.2) is 30.1 Å². The summed E-state index contributed by atoms with van der Waals surface area (Å²) < 4.78 is 5.61. The second kappa shape index (κ2) is 6.82. The van der Waals surface area contributed by atoms with Crippen molar-refractivity contribution in [2.24, 2.45) is 5.73 Å². The van der Waals surface area contributed by atoms with Gasteiger partial charge >= 0.3 is 0 Å². The lowest BCUT2D eigenvalue weighted by Crippen LogP contribution is -2.29. The van der Waals surface area contributed by atoms with Crippen LogP contribution in [0.5, 0.6) is 0 Å². The highest BCUT2D eigenvalue weighted by Crippen LogP contribution is 2.15. The Morgan fingerprint density at radius 2 is 2.50 bits per heavy atom. The number of thiazole rings is 1. The molecule has 100 valence electrons. The van der Waals surface area contributed by atoms with E-state index in [9.17, 15) is 4.79 Å². The Hall–Kier alpha value is -0.980. The van der Waals surface area contributed by atoms with Crippen molar-refractivity contribution in [1.29, 1.82) is 0 Å². The molecule has 0 bridgehead atoms. The molecule has 1 amide bonds. The third-order valence-electron chi connectivity index (χ3n) is 2.98. The molecule has 1 atom stereocenters. The lowest BCUT2D eigenvalue weighted by Gasteiger charge is -2.22. The molecule has 1 aliphatic rings. The third-order valence-corrected chi connectivity index (χ3v) is 3.86. The van der Waals surface area contributed by atoms with Gasteiger partial charge < -0.3 is 15.8 Å². The summed E-state index contributed by atoms with van der Waals surface area (Å²) in [6.45, 7) is 1.87. The number of carbonyl (C=O) groups excluding carboxylic acids is 1. The van der Waals surface area contributed by atoms with Crippen LogP contribution in [0.2, 0.25) is 0 Å². The lowest BCUT2D eigenvalue weighted by atomic mass is 10.1. The Morgan fingerprint density at radius 1 is 1.61 bits per heavy atom. The van der Waals surface area contributed by atoms with E-state index in [0.717, 1.165) is 30.9 Å². The predicted octanol–water partition coefficient (Wildman–Crippen LogP) is 1.29. The van der Waals surface area contributed by atoms with E-state index in [2.05, 4.69) is 10.3 Å². The van der Waals surface area contributed by atoms with Crippen LogP contribution in [-0.2, 0) is 11.3 Å². The Kier molecular flexibility index (Phi) is 5.10. The molecule has 0 spiro atoms. The smallest absolute Gasteiger partial charge is 0.270 e. The van der Waals surface area contributed by atoms with Crippen molar-refractivity contribution in [3.8, 4) is 0 Å². The highest BCUT2D eigenvalue weighted by molar-refractivity contribution is 7.09. The molecule has 1 aromatic rings. The van der Waals surface area contributed by atoms with Gasteiger partial charge in [-0.3, -0.25) is 4.79 Å². The standard InChI is InChI=1S/C12H19N3O2S/c13-7-11-15-10(8-18-11)12(16)14-5-4-9-3-1-2-6-17-9/h8-9H,1-7,13H2,(H,14,16). The Morgan fingerprint density at radius 3 is 3.17 bits per heavy atom. The van der Waals surface area contributed by atoms with Crippen molar-refractivity contribution < 1.29 is 9.53 Å². The van der Waals surface area contributed by atoms with Crippen molar-refractivity contribution in [1.82, 2.24) is 10.3 Å². The van der Waals surface area contributed by atoms with E-state index in [4.69, 9.17) is 10.5 Å². The molecule has 0 radical (unpaired) electrons. The highest BCUT2D eigenvalue weighted by atomic mass is 32.1. The van der Waals surface area contributed by atoms with E-state index < -0.39 is 0 Å². The number of nitrogens with one attached hydrogen (secondary N) is 1. The predicted molar refractivity (Wildman–Crippen MR) is 70.5 cm³/mol. The number of amides is 1. The van der Waals surface area contributed by atoms with Crippen molar-refractivity contribution in [3.63, 3.8) is 0 Å². The molecule has 3 N–H and O–H groups in total. The third kappa shape index (κ3) is 3.76. The molecule has 1 saturated heterocycles. The molecule has 0 saturated carbocycles. The molecule has 6 heteroatoms. The molecular formula is C12H19N3O2S. The zero-order valence-corrected chi connectivity index (χ0v) is 11.2. The summed E-state index contributed by atoms with van der Waals surface area (Å²) in [5.74, 6) is -0.123. The van der Waals surface area contributed by atoms with Crippen LogP contribution < -0.4 is 11.1 Å². The zero-order chi connectivity index (χ0) is 12.8. The Balaban J connectivity index is 1.70. The molecule has 5 nitrogen and oxygen atoms in total. The average molecular weight is 269 g/mol. The fraction of sp³-hybridized carbons (Fsp3) is 0.667. The second-order valence-corrected chi connectivity index (χ2v) is 5.31. The van der Waals surface area contributed by atoms with E-state index >= 15 is 0 Å². The van der Waals surface area contributed by atoms with Crippen LogP contribution >= 0.6 is 11.3 Å². The lowest BCUT2D eigenvalue weighted by molar-refractivity contribution is 0.0117. The van der Waals surface area contributed by atoms with Crippen LogP contribution in [0.4, 0.5) is 0 Å². The summed E-state index contributed by atoms with van der Waals surface area (Å²) in [4.78, 5) is 15.9. The summed E-state index contributed by atoms with van der Waals surface area (Å²) in [5, 5.41) is 5.40. The first-order chi connectivity index (χ1) is 8.79. The van der Waals surface area contributed by atoms with Crippen LogP contribution in [0.25, 0.3) is 0 Å². The van der Waals surface area contributed by atoms with Gasteiger partial charge in [-0.25, -0.2) is 4.98 Å². The van der Waals surface area contributed by atoms with Gasteiger partial charge in [0.1, 0.15) is 10.7 Å². The zero-order valence-electron chi connectivity index (χ0n) is 10.4. The molecule has 18 heavy (non-hydrogen) atoms. The number of hydrogen-bond donors (Lipinski definition) is 2. The van der Waals surface area contributed by atoms with Crippen molar-refractivity contribution >= 4 is 17.2 Å². The van der Waals surface area contributed by atoms with Gasteiger partial charge in [0, 0.05) is 25.1 Å². The summed E-state index contributed by atoms with van der Waals surface area (Å²) >= 11 is 1.42. The van der Waals surface area contributed by atoms with Gasteiger partial charge in [0.2, 0.25) is 0 Å². The van der Waals surface area contributed by atoms with Gasteiger partial charge in [-0.1, -0.05) is 0 Å². The average Bonchev–Trinajstić information content (AvgIpc) is 2.89. The van der Waals surface area contributed by atoms with Gasteiger partial charge in [0.05, 0.1) is 6.10 Å². The maximum absolute atomic E-state index is 11.8. The van der Waals surface area contributed by atoms with Gasteiger partial charge in [0.25, 0.3) is 5.91 Å². The molecule has 2 heterocycles. The number of aromatic nitrogens is 1. The summed E-state index contributed by atoms with van der Waals surface area (Å²) in [6, 6.07) is 0. The van der Waals surface area contributed by atoms with Crippen molar-refractivity contribution in [3.05, 3.63) is 16.1 Å². The largest absolute Gasteiger partial charge is 0.378 e. The molecule has 2 rings (SSSR count). The van der Waals surface area contributed by atoms with E-state index in [1.54, 1.807) is 5.38 Å². The molecule has 0 aromatic carbocycles. The molecule has 1 aromatic heterocycles. The first kappa shape index (κ1) is 13.5. The number of rotatable bonds is 5. The van der Waals surface area contributed by atoms with Crippen LogP contribution in [0.1, 0.15) is 41.2 Å². The van der Waals surface area contributed by atoms with Crippen molar-refractivity contribution in [2.45, 2.75) is 38.3 Å². The number of nitrogens with two attached hydrogens (primary N) is 1. The Labute approximate surface area is 111 Å². The molecule has 1 fully saturated rings. The summed E-state index contributed by atoms with van der Waals surface area (Å²) in [7, 11) is 0. The highest BCUT2D eigenvalue weighted by Gasteiger charge is 2.14.